The highest BCUT2D eigenvalue weighted by molar-refractivity contribution is 7.80. The summed E-state index contributed by atoms with van der Waals surface area (Å²) in [6, 6.07) is 8.31. The number of ether oxygens (including phenoxy) is 1. The van der Waals surface area contributed by atoms with Gasteiger partial charge in [0, 0.05) is 13.1 Å². The summed E-state index contributed by atoms with van der Waals surface area (Å²) in [7, 11) is 0. The van der Waals surface area contributed by atoms with Gasteiger partial charge in [-0.25, -0.2) is 9.18 Å². The molecule has 2 N–H and O–H groups in total. The van der Waals surface area contributed by atoms with Crippen molar-refractivity contribution in [1.29, 1.82) is 10.5 Å². The Morgan fingerprint density at radius 1 is 1.38 bits per heavy atom. The van der Waals surface area contributed by atoms with E-state index in [0.29, 0.717) is 48.7 Å². The lowest BCUT2D eigenvalue weighted by atomic mass is 9.97. The second-order valence-electron chi connectivity index (χ2n) is 6.90. The predicted octanol–water partition coefficient (Wildman–Crippen LogP) is 2.86. The Hall–Kier alpha value is -3.17. The number of anilines is 1. The van der Waals surface area contributed by atoms with Gasteiger partial charge in [0.15, 0.2) is 0 Å². The third kappa shape index (κ3) is 4.64. The summed E-state index contributed by atoms with van der Waals surface area (Å²) in [4.78, 5) is 13.8. The molecule has 0 aromatic heterocycles. The quantitative estimate of drug-likeness (QED) is 0.578. The molecule has 2 aliphatic rings. The predicted molar refractivity (Wildman–Crippen MR) is 109 cm³/mol. The van der Waals surface area contributed by atoms with Crippen LogP contribution in [-0.2, 0) is 4.74 Å². The number of cyclic esters (lactones) is 1. The summed E-state index contributed by atoms with van der Waals surface area (Å²) in [5.74, 6) is -0.387. The monoisotopic (exact) mass is 413 g/mol. The molecule has 0 aliphatic carbocycles. The zero-order chi connectivity index (χ0) is 21.0. The number of nitrogens with one attached hydrogen (secondary N) is 2. The van der Waals surface area contributed by atoms with Crippen molar-refractivity contribution >= 4 is 29.0 Å². The second-order valence-corrected chi connectivity index (χ2v) is 7.52. The molecule has 1 unspecified atom stereocenters. The molecule has 1 aromatic rings. The third-order valence-corrected chi connectivity index (χ3v) is 5.17. The molecule has 2 fully saturated rings. The van der Waals surface area contributed by atoms with Crippen LogP contribution in [0.2, 0.25) is 0 Å². The van der Waals surface area contributed by atoms with Crippen molar-refractivity contribution in [3.63, 3.8) is 0 Å². The van der Waals surface area contributed by atoms with E-state index in [1.165, 1.54) is 6.07 Å². The molecule has 2 heterocycles. The van der Waals surface area contributed by atoms with E-state index in [1.807, 2.05) is 17.0 Å². The number of nitrogens with zero attached hydrogens (tertiary/aromatic N) is 3. The zero-order valence-corrected chi connectivity index (χ0v) is 16.7. The summed E-state index contributed by atoms with van der Waals surface area (Å²) >= 11 is 5.13. The lowest BCUT2D eigenvalue weighted by Crippen LogP contribution is -2.36. The van der Waals surface area contributed by atoms with Gasteiger partial charge >= 0.3 is 6.09 Å². The van der Waals surface area contributed by atoms with Gasteiger partial charge in [-0.05, 0) is 43.0 Å². The highest BCUT2D eigenvalue weighted by Crippen LogP contribution is 2.30. The van der Waals surface area contributed by atoms with Crippen molar-refractivity contribution in [2.45, 2.75) is 31.9 Å². The van der Waals surface area contributed by atoms with Crippen molar-refractivity contribution < 1.29 is 13.9 Å². The summed E-state index contributed by atoms with van der Waals surface area (Å²) in [6.07, 6.45) is 0.0986. The van der Waals surface area contributed by atoms with E-state index in [2.05, 4.69) is 10.6 Å². The van der Waals surface area contributed by atoms with E-state index in [9.17, 15) is 9.18 Å². The number of amides is 1. The number of thiocarbonyl (C=S) groups is 1. The number of carbonyl (C=O) groups is 1. The molecule has 2 atom stereocenters. The van der Waals surface area contributed by atoms with Crippen molar-refractivity contribution in [2.24, 2.45) is 0 Å². The van der Waals surface area contributed by atoms with Crippen LogP contribution in [0.15, 0.2) is 29.3 Å². The van der Waals surface area contributed by atoms with Gasteiger partial charge in [0.2, 0.25) is 0 Å². The van der Waals surface area contributed by atoms with Crippen LogP contribution in [0.5, 0.6) is 0 Å². The molecule has 7 nitrogen and oxygen atoms in total. The van der Waals surface area contributed by atoms with Gasteiger partial charge < -0.3 is 20.3 Å². The molecule has 0 saturated carbocycles. The van der Waals surface area contributed by atoms with Gasteiger partial charge in [0.25, 0.3) is 0 Å². The number of carbonyl (C=O) groups excluding carboxylic acids is 1. The fourth-order valence-electron chi connectivity index (χ4n) is 3.62. The Labute approximate surface area is 173 Å². The summed E-state index contributed by atoms with van der Waals surface area (Å²) in [5.41, 5.74) is 2.07. The van der Waals surface area contributed by atoms with Crippen LogP contribution in [0.1, 0.15) is 31.4 Å². The van der Waals surface area contributed by atoms with Gasteiger partial charge in [-0.3, -0.25) is 0 Å². The fourth-order valence-corrected chi connectivity index (χ4v) is 3.75. The highest BCUT2D eigenvalue weighted by Gasteiger charge is 2.32. The Balaban J connectivity index is 1.78. The van der Waals surface area contributed by atoms with Gasteiger partial charge in [0.05, 0.1) is 23.3 Å². The molecule has 9 heteroatoms. The second kappa shape index (κ2) is 8.89. The Morgan fingerprint density at radius 2 is 2.07 bits per heavy atom. The SMILES string of the molecule is CC(=S)NC(c1ccc(N2CCC(=C(C#N)C#N)CC2)c(F)c1)[C@@H]1CNC(=O)O1. The molecule has 0 bridgehead atoms. The van der Waals surface area contributed by atoms with Gasteiger partial charge in [0.1, 0.15) is 29.6 Å². The van der Waals surface area contributed by atoms with Gasteiger partial charge in [-0.1, -0.05) is 18.3 Å². The largest absolute Gasteiger partial charge is 0.442 e. The minimum Gasteiger partial charge on any atom is -0.442 e. The smallest absolute Gasteiger partial charge is 0.407 e. The number of hydrogen-bond donors (Lipinski definition) is 2. The number of alkyl carbamates (subject to hydrolysis) is 1. The van der Waals surface area contributed by atoms with Crippen molar-refractivity contribution in [3.05, 3.63) is 40.7 Å². The molecule has 150 valence electrons. The summed E-state index contributed by atoms with van der Waals surface area (Å²) < 4.78 is 20.2. The number of halogens is 1. The van der Waals surface area contributed by atoms with Crippen LogP contribution in [0, 0.1) is 28.5 Å². The first-order valence-corrected chi connectivity index (χ1v) is 9.62. The van der Waals surface area contributed by atoms with Crippen LogP contribution >= 0.6 is 12.2 Å². The molecule has 29 heavy (non-hydrogen) atoms. The van der Waals surface area contributed by atoms with E-state index in [1.54, 1.807) is 19.1 Å². The first kappa shape index (κ1) is 20.6. The van der Waals surface area contributed by atoms with E-state index in [0.717, 1.165) is 5.57 Å². The van der Waals surface area contributed by atoms with E-state index in [-0.39, 0.29) is 11.4 Å². The number of piperidine rings is 1. The maximum absolute atomic E-state index is 14.9. The lowest BCUT2D eigenvalue weighted by molar-refractivity contribution is 0.122. The average molecular weight is 413 g/mol. The minimum absolute atomic E-state index is 0.157. The number of hydrogen-bond acceptors (Lipinski definition) is 6. The molecular formula is C20H20FN5O2S. The molecular weight excluding hydrogens is 393 g/mol. The molecule has 0 spiro atoms. The van der Waals surface area contributed by atoms with Crippen LogP contribution < -0.4 is 15.5 Å². The molecule has 2 saturated heterocycles. The van der Waals surface area contributed by atoms with E-state index < -0.39 is 18.2 Å². The first-order valence-electron chi connectivity index (χ1n) is 9.21. The molecule has 2 aliphatic heterocycles. The Kier molecular flexibility index (Phi) is 6.30. The zero-order valence-electron chi connectivity index (χ0n) is 15.9. The van der Waals surface area contributed by atoms with Crippen LogP contribution in [0.3, 0.4) is 0 Å². The molecule has 0 radical (unpaired) electrons. The number of nitriles is 2. The minimum atomic E-state index is -0.507. The van der Waals surface area contributed by atoms with Crippen molar-refractivity contribution in [1.82, 2.24) is 10.6 Å². The maximum Gasteiger partial charge on any atom is 0.407 e. The van der Waals surface area contributed by atoms with Gasteiger partial charge in [-0.15, -0.1) is 0 Å². The average Bonchev–Trinajstić information content (AvgIpc) is 3.13. The third-order valence-electron chi connectivity index (χ3n) is 5.05. The van der Waals surface area contributed by atoms with Crippen LogP contribution in [-0.4, -0.2) is 36.8 Å². The van der Waals surface area contributed by atoms with Gasteiger partial charge in [-0.2, -0.15) is 10.5 Å². The Bertz CT molecular complexity index is 923. The van der Waals surface area contributed by atoms with Crippen molar-refractivity contribution in [2.75, 3.05) is 24.5 Å². The summed E-state index contributed by atoms with van der Waals surface area (Å²) in [5, 5.41) is 23.7. The molecule has 1 amide bonds. The highest BCUT2D eigenvalue weighted by atomic mass is 32.1. The maximum atomic E-state index is 14.9. The van der Waals surface area contributed by atoms with Crippen LogP contribution in [0.4, 0.5) is 14.9 Å². The topological polar surface area (TPSA) is 101 Å². The summed E-state index contributed by atoms with van der Waals surface area (Å²) in [6.45, 7) is 3.09. The van der Waals surface area contributed by atoms with E-state index in [4.69, 9.17) is 27.5 Å². The fraction of sp³-hybridized carbons (Fsp3) is 0.400. The van der Waals surface area contributed by atoms with Crippen LogP contribution in [0.25, 0.3) is 0 Å². The normalized spacial score (nSPS) is 19.4. The molecule has 3 rings (SSSR count). The number of benzene rings is 1. The number of rotatable bonds is 4. The lowest BCUT2D eigenvalue weighted by Gasteiger charge is -2.31. The standard InChI is InChI=1S/C20H20FN5O2S/c1-12(29)25-19(18-11-24-20(27)28-18)14-2-3-17(16(21)8-14)26-6-4-13(5-7-26)15(9-22)10-23/h2-3,8,18-19H,4-7,11H2,1H3,(H,24,27)(H,25,29)/t18-,19?/m0/s1. The number of allylic oxidation sites excluding steroid dienone is 1. The molecule has 1 aromatic carbocycles. The first-order chi connectivity index (χ1) is 13.9. The van der Waals surface area contributed by atoms with Crippen molar-refractivity contribution in [3.8, 4) is 12.1 Å². The van der Waals surface area contributed by atoms with E-state index >= 15 is 0 Å². The Morgan fingerprint density at radius 3 is 2.59 bits per heavy atom.